The van der Waals surface area contributed by atoms with Crippen molar-refractivity contribution in [2.75, 3.05) is 19.7 Å². The molecule has 5 nitrogen and oxygen atoms in total. The highest BCUT2D eigenvalue weighted by Crippen LogP contribution is 2.32. The van der Waals surface area contributed by atoms with Crippen molar-refractivity contribution in [2.45, 2.75) is 22.7 Å². The minimum atomic E-state index is -4.50. The topological polar surface area (TPSA) is 63.7 Å². The van der Waals surface area contributed by atoms with Gasteiger partial charge in [-0.3, -0.25) is 4.79 Å². The fraction of sp³-hybridized carbons (Fsp3) is 0.462. The van der Waals surface area contributed by atoms with Crippen LogP contribution in [0, 0.1) is 0 Å². The van der Waals surface area contributed by atoms with Gasteiger partial charge in [-0.25, -0.2) is 8.42 Å². The molecule has 0 aromatic heterocycles. The number of benzene rings is 1. The van der Waals surface area contributed by atoms with E-state index >= 15 is 0 Å². The molecule has 1 heterocycles. The van der Waals surface area contributed by atoms with Gasteiger partial charge in [-0.05, 0) is 18.6 Å². The van der Waals surface area contributed by atoms with Gasteiger partial charge in [0.25, 0.3) is 3.91 Å². The van der Waals surface area contributed by atoms with Crippen LogP contribution < -0.4 is 4.74 Å². The quantitative estimate of drug-likeness (QED) is 0.362. The number of hydrogen-bond donors (Lipinski definition) is 0. The Morgan fingerprint density at radius 2 is 2.08 bits per heavy atom. The molecule has 1 atom stereocenters. The Kier molecular flexibility index (Phi) is 5.91. The summed E-state index contributed by atoms with van der Waals surface area (Å²) in [5.41, 5.74) is 0. The van der Waals surface area contributed by atoms with Crippen molar-refractivity contribution in [1.82, 2.24) is 4.90 Å². The molecule has 134 valence electrons. The van der Waals surface area contributed by atoms with Gasteiger partial charge in [-0.15, -0.1) is 0 Å². The number of carbonyl (C=O) groups is 1. The Hall–Kier alpha value is -0.750. The molecule has 24 heavy (non-hydrogen) atoms. The van der Waals surface area contributed by atoms with Crippen molar-refractivity contribution >= 4 is 47.9 Å². The fourth-order valence-corrected chi connectivity index (χ4v) is 4.96. The third kappa shape index (κ3) is 4.66. The second-order valence-corrected chi connectivity index (χ2v) is 8.68. The number of halogens is 5. The van der Waals surface area contributed by atoms with E-state index in [1.165, 1.54) is 4.90 Å². The van der Waals surface area contributed by atoms with Crippen LogP contribution in [0.2, 0.25) is 5.02 Å². The predicted molar refractivity (Wildman–Crippen MR) is 89.6 cm³/mol. The maximum absolute atomic E-state index is 12.6. The van der Waals surface area contributed by atoms with Crippen molar-refractivity contribution in [3.05, 3.63) is 23.2 Å². The third-order valence-corrected chi connectivity index (χ3v) is 6.78. The zero-order valence-electron chi connectivity index (χ0n) is 12.0. The first-order valence-corrected chi connectivity index (χ1v) is 9.68. The van der Waals surface area contributed by atoms with Crippen molar-refractivity contribution in [2.24, 2.45) is 0 Å². The van der Waals surface area contributed by atoms with Gasteiger partial charge in [0.1, 0.15) is 5.75 Å². The Morgan fingerprint density at radius 3 is 2.58 bits per heavy atom. The average Bonchev–Trinajstić information content (AvgIpc) is 2.95. The molecule has 11 heteroatoms. The zero-order chi connectivity index (χ0) is 18.1. The molecule has 1 aromatic rings. The maximum Gasteiger partial charge on any atom is 0.422 e. The van der Waals surface area contributed by atoms with E-state index in [1.54, 1.807) is 22.6 Å². The molecule has 1 aliphatic rings. The molecule has 0 bridgehead atoms. The largest absolute Gasteiger partial charge is 0.484 e. The number of hydrogen-bond acceptors (Lipinski definition) is 4. The first-order valence-electron chi connectivity index (χ1n) is 6.68. The Balaban J connectivity index is 2.18. The Morgan fingerprint density at radius 1 is 1.42 bits per heavy atom. The summed E-state index contributed by atoms with van der Waals surface area (Å²) < 4.78 is 65.9. The average molecular weight is 498 g/mol. The molecule has 0 aliphatic carbocycles. The number of sulfone groups is 1. The number of alkyl halides is 3. The van der Waals surface area contributed by atoms with Crippen LogP contribution in [-0.4, -0.2) is 48.4 Å². The van der Waals surface area contributed by atoms with Crippen molar-refractivity contribution in [1.29, 1.82) is 0 Å². The first kappa shape index (κ1) is 19.6. The second kappa shape index (κ2) is 7.24. The molecule has 1 fully saturated rings. The Labute approximate surface area is 155 Å². The zero-order valence-corrected chi connectivity index (χ0v) is 15.7. The molecular weight excluding hydrogens is 486 g/mol. The van der Waals surface area contributed by atoms with E-state index in [1.807, 2.05) is 0 Å². The molecule has 1 saturated heterocycles. The number of amides is 1. The summed E-state index contributed by atoms with van der Waals surface area (Å²) in [5, 5.41) is -1.01. The summed E-state index contributed by atoms with van der Waals surface area (Å²) in [4.78, 5) is 12.5. The minimum absolute atomic E-state index is 0.0623. The van der Waals surface area contributed by atoms with Gasteiger partial charge in [0.05, 0.1) is 15.2 Å². The maximum atomic E-state index is 12.6. The fourth-order valence-electron chi connectivity index (χ4n) is 2.29. The van der Waals surface area contributed by atoms with Crippen molar-refractivity contribution in [3.63, 3.8) is 0 Å². The van der Waals surface area contributed by atoms with E-state index in [4.69, 9.17) is 11.6 Å². The standard InChI is InChI=1S/C13H12ClF3INO4S/c14-10-5-8(23-7-13(15,16)17)1-2-11(10)24(21,22)9-3-4-19(6-9)12(18)20/h1-2,5,9H,3-4,6-7H2. The number of ether oxygens (including phenoxy) is 1. The lowest BCUT2D eigenvalue weighted by atomic mass is 10.3. The van der Waals surface area contributed by atoms with Gasteiger partial charge in [-0.2, -0.15) is 13.2 Å². The minimum Gasteiger partial charge on any atom is -0.484 e. The van der Waals surface area contributed by atoms with E-state index < -0.39 is 27.9 Å². The van der Waals surface area contributed by atoms with Gasteiger partial charge < -0.3 is 9.64 Å². The smallest absolute Gasteiger partial charge is 0.422 e. The van der Waals surface area contributed by atoms with Crippen LogP contribution in [-0.2, 0) is 9.84 Å². The third-order valence-electron chi connectivity index (χ3n) is 3.44. The highest BCUT2D eigenvalue weighted by atomic mass is 127. The summed E-state index contributed by atoms with van der Waals surface area (Å²) in [5.74, 6) is -0.174. The van der Waals surface area contributed by atoms with E-state index in [2.05, 4.69) is 4.74 Å². The highest BCUT2D eigenvalue weighted by molar-refractivity contribution is 14.1. The molecule has 1 aromatic carbocycles. The van der Waals surface area contributed by atoms with E-state index in [0.29, 0.717) is 6.54 Å². The Bertz CT molecular complexity index is 741. The molecule has 2 rings (SSSR count). The lowest BCUT2D eigenvalue weighted by Crippen LogP contribution is -2.28. The first-order chi connectivity index (χ1) is 11.0. The van der Waals surface area contributed by atoms with Crippen LogP contribution in [0.3, 0.4) is 0 Å². The number of likely N-dealkylation sites (tertiary alicyclic amines) is 1. The summed E-state index contributed by atoms with van der Waals surface area (Å²) in [7, 11) is -3.80. The normalized spacial score (nSPS) is 18.7. The van der Waals surface area contributed by atoms with Crippen molar-refractivity contribution < 1.29 is 31.1 Å². The number of nitrogens with zero attached hydrogens (tertiary/aromatic N) is 1. The lowest BCUT2D eigenvalue weighted by Gasteiger charge is -2.15. The van der Waals surface area contributed by atoms with Crippen LogP contribution >= 0.6 is 34.2 Å². The summed E-state index contributed by atoms with van der Waals surface area (Å²) >= 11 is 7.50. The van der Waals surface area contributed by atoms with Gasteiger partial charge >= 0.3 is 6.18 Å². The lowest BCUT2D eigenvalue weighted by molar-refractivity contribution is -0.153. The molecular formula is C13H12ClF3INO4S. The van der Waals surface area contributed by atoms with Gasteiger partial charge in [-0.1, -0.05) is 11.6 Å². The number of rotatable bonds is 4. The van der Waals surface area contributed by atoms with E-state index in [0.717, 1.165) is 18.2 Å². The molecule has 0 spiro atoms. The molecule has 1 amide bonds. The summed E-state index contributed by atoms with van der Waals surface area (Å²) in [6.45, 7) is -1.10. The summed E-state index contributed by atoms with van der Waals surface area (Å²) in [6.07, 6.45) is -4.23. The highest BCUT2D eigenvalue weighted by Gasteiger charge is 2.36. The van der Waals surface area contributed by atoms with Crippen LogP contribution in [0.4, 0.5) is 18.0 Å². The molecule has 0 radical (unpaired) electrons. The predicted octanol–water partition coefficient (Wildman–Crippen LogP) is 3.68. The van der Waals surface area contributed by atoms with Crippen LogP contribution in [0.25, 0.3) is 0 Å². The molecule has 0 saturated carbocycles. The molecule has 1 unspecified atom stereocenters. The number of carbonyl (C=O) groups excluding carboxylic acids is 1. The van der Waals surface area contributed by atoms with Crippen LogP contribution in [0.5, 0.6) is 5.75 Å². The van der Waals surface area contributed by atoms with E-state index in [9.17, 15) is 26.4 Å². The molecule has 0 N–H and O–H groups in total. The second-order valence-electron chi connectivity index (χ2n) is 5.15. The van der Waals surface area contributed by atoms with Gasteiger partial charge in [0, 0.05) is 41.7 Å². The SMILES string of the molecule is O=C(I)N1CCC(S(=O)(=O)c2ccc(OCC(F)(F)F)cc2Cl)C1. The van der Waals surface area contributed by atoms with Gasteiger partial charge in [0.15, 0.2) is 16.4 Å². The van der Waals surface area contributed by atoms with Crippen LogP contribution in [0.15, 0.2) is 23.1 Å². The summed E-state index contributed by atoms with van der Waals surface area (Å²) in [6, 6.07) is 3.29. The molecule has 1 aliphatic heterocycles. The van der Waals surface area contributed by atoms with Crippen molar-refractivity contribution in [3.8, 4) is 5.75 Å². The van der Waals surface area contributed by atoms with Gasteiger partial charge in [0.2, 0.25) is 0 Å². The monoisotopic (exact) mass is 497 g/mol. The van der Waals surface area contributed by atoms with E-state index in [-0.39, 0.29) is 32.5 Å². The van der Waals surface area contributed by atoms with Crippen LogP contribution in [0.1, 0.15) is 6.42 Å².